The number of ether oxygens (including phenoxy) is 1. The summed E-state index contributed by atoms with van der Waals surface area (Å²) in [5.74, 6) is 0.234. The van der Waals surface area contributed by atoms with Crippen LogP contribution in [0.25, 0.3) is 0 Å². The number of hydrogen-bond acceptors (Lipinski definition) is 3. The average Bonchev–Trinajstić information content (AvgIpc) is 2.21. The maximum Gasteiger partial charge on any atom is 0.119 e. The molecule has 0 atom stereocenters. The highest BCUT2D eigenvalue weighted by atomic mass is 35.5. The Balaban J connectivity index is 2.83. The van der Waals surface area contributed by atoms with Crippen LogP contribution in [0, 0.1) is 0 Å². The van der Waals surface area contributed by atoms with Gasteiger partial charge < -0.3 is 15.6 Å². The predicted molar refractivity (Wildman–Crippen MR) is 65.8 cm³/mol. The molecular formula is C12H18ClNO2. The first-order valence-electron chi connectivity index (χ1n) is 5.36. The second-order valence-electron chi connectivity index (χ2n) is 3.97. The number of halogens is 1. The lowest BCUT2D eigenvalue weighted by Gasteiger charge is -2.11. The van der Waals surface area contributed by atoms with Gasteiger partial charge in [0, 0.05) is 10.6 Å². The summed E-state index contributed by atoms with van der Waals surface area (Å²) in [4.78, 5) is 0. The van der Waals surface area contributed by atoms with Crippen molar-refractivity contribution in [3.05, 3.63) is 28.3 Å². The SMILES string of the molecule is CC(C)OCc1cc(O)c(CCN)cc1Cl. The Hall–Kier alpha value is -0.770. The molecule has 0 amide bonds. The van der Waals surface area contributed by atoms with Gasteiger partial charge in [-0.25, -0.2) is 0 Å². The largest absolute Gasteiger partial charge is 0.508 e. The van der Waals surface area contributed by atoms with Crippen LogP contribution in [0.2, 0.25) is 5.02 Å². The van der Waals surface area contributed by atoms with Gasteiger partial charge in [0.2, 0.25) is 0 Å². The van der Waals surface area contributed by atoms with Gasteiger partial charge in [0.15, 0.2) is 0 Å². The minimum absolute atomic E-state index is 0.141. The van der Waals surface area contributed by atoms with E-state index in [-0.39, 0.29) is 11.9 Å². The predicted octanol–water partition coefficient (Wildman–Crippen LogP) is 2.47. The molecule has 0 aliphatic heterocycles. The van der Waals surface area contributed by atoms with Crippen molar-refractivity contribution in [2.24, 2.45) is 5.73 Å². The fourth-order valence-corrected chi connectivity index (χ4v) is 1.61. The van der Waals surface area contributed by atoms with Crippen molar-refractivity contribution >= 4 is 11.6 Å². The Morgan fingerprint density at radius 3 is 2.62 bits per heavy atom. The van der Waals surface area contributed by atoms with Crippen molar-refractivity contribution in [2.45, 2.75) is 33.0 Å². The van der Waals surface area contributed by atoms with Crippen LogP contribution >= 0.6 is 11.6 Å². The van der Waals surface area contributed by atoms with E-state index in [9.17, 15) is 5.11 Å². The summed E-state index contributed by atoms with van der Waals surface area (Å²) in [7, 11) is 0. The third-order valence-electron chi connectivity index (χ3n) is 2.23. The molecule has 0 heterocycles. The highest BCUT2D eigenvalue weighted by molar-refractivity contribution is 6.31. The number of rotatable bonds is 5. The van der Waals surface area contributed by atoms with Gasteiger partial charge in [-0.15, -0.1) is 0 Å². The monoisotopic (exact) mass is 243 g/mol. The summed E-state index contributed by atoms with van der Waals surface area (Å²) in [6, 6.07) is 3.40. The fourth-order valence-electron chi connectivity index (χ4n) is 1.37. The number of nitrogens with two attached hydrogens (primary N) is 1. The van der Waals surface area contributed by atoms with E-state index in [1.807, 2.05) is 13.8 Å². The Kier molecular flexibility index (Phi) is 5.06. The van der Waals surface area contributed by atoms with Gasteiger partial charge in [-0.05, 0) is 44.5 Å². The molecule has 0 radical (unpaired) electrons. The molecule has 0 spiro atoms. The van der Waals surface area contributed by atoms with E-state index in [0.29, 0.717) is 24.6 Å². The molecule has 90 valence electrons. The van der Waals surface area contributed by atoms with Gasteiger partial charge in [0.05, 0.1) is 12.7 Å². The van der Waals surface area contributed by atoms with Crippen molar-refractivity contribution in [1.29, 1.82) is 0 Å². The van der Waals surface area contributed by atoms with Crippen LogP contribution in [0.1, 0.15) is 25.0 Å². The maximum absolute atomic E-state index is 9.74. The molecule has 0 saturated heterocycles. The van der Waals surface area contributed by atoms with Gasteiger partial charge in [0.25, 0.3) is 0 Å². The fraction of sp³-hybridized carbons (Fsp3) is 0.500. The minimum Gasteiger partial charge on any atom is -0.508 e. The summed E-state index contributed by atoms with van der Waals surface area (Å²) in [5, 5.41) is 10.4. The van der Waals surface area contributed by atoms with Gasteiger partial charge >= 0.3 is 0 Å². The van der Waals surface area contributed by atoms with Gasteiger partial charge in [0.1, 0.15) is 5.75 Å². The molecule has 1 rings (SSSR count). The molecule has 16 heavy (non-hydrogen) atoms. The van der Waals surface area contributed by atoms with Gasteiger partial charge in [-0.3, -0.25) is 0 Å². The van der Waals surface area contributed by atoms with Crippen molar-refractivity contribution in [3.63, 3.8) is 0 Å². The quantitative estimate of drug-likeness (QED) is 0.835. The smallest absolute Gasteiger partial charge is 0.119 e. The topological polar surface area (TPSA) is 55.5 Å². The van der Waals surface area contributed by atoms with E-state index < -0.39 is 0 Å². The number of phenols is 1. The maximum atomic E-state index is 9.74. The van der Waals surface area contributed by atoms with Crippen molar-refractivity contribution in [3.8, 4) is 5.75 Å². The van der Waals surface area contributed by atoms with Crippen LogP contribution in [0.15, 0.2) is 12.1 Å². The van der Waals surface area contributed by atoms with Crippen molar-refractivity contribution in [2.75, 3.05) is 6.54 Å². The molecule has 0 fully saturated rings. The summed E-state index contributed by atoms with van der Waals surface area (Å²) in [6.45, 7) is 4.81. The molecular weight excluding hydrogens is 226 g/mol. The third kappa shape index (κ3) is 3.67. The molecule has 1 aromatic carbocycles. The highest BCUT2D eigenvalue weighted by Gasteiger charge is 2.08. The molecule has 0 aliphatic carbocycles. The van der Waals surface area contributed by atoms with Crippen LogP contribution in [-0.2, 0) is 17.8 Å². The molecule has 3 N–H and O–H groups in total. The zero-order valence-corrected chi connectivity index (χ0v) is 10.4. The summed E-state index contributed by atoms with van der Waals surface area (Å²) < 4.78 is 5.44. The zero-order valence-electron chi connectivity index (χ0n) is 9.66. The molecule has 0 saturated carbocycles. The summed E-state index contributed by atoms with van der Waals surface area (Å²) in [5.41, 5.74) is 7.02. The highest BCUT2D eigenvalue weighted by Crippen LogP contribution is 2.27. The van der Waals surface area contributed by atoms with Gasteiger partial charge in [-0.1, -0.05) is 11.6 Å². The Morgan fingerprint density at radius 1 is 1.38 bits per heavy atom. The van der Waals surface area contributed by atoms with E-state index in [2.05, 4.69) is 0 Å². The van der Waals surface area contributed by atoms with E-state index >= 15 is 0 Å². The first-order chi connectivity index (χ1) is 7.54. The second kappa shape index (κ2) is 6.09. The molecule has 0 aliphatic rings. The molecule has 0 aromatic heterocycles. The lowest BCUT2D eigenvalue weighted by Crippen LogP contribution is -2.05. The van der Waals surface area contributed by atoms with E-state index in [4.69, 9.17) is 22.1 Å². The Bertz CT molecular complexity index is 353. The van der Waals surface area contributed by atoms with E-state index in [1.54, 1.807) is 12.1 Å². The van der Waals surface area contributed by atoms with E-state index in [0.717, 1.165) is 11.1 Å². The molecule has 1 aromatic rings. The van der Waals surface area contributed by atoms with Crippen molar-refractivity contribution < 1.29 is 9.84 Å². The number of phenolic OH excluding ortho intramolecular Hbond substituents is 1. The Morgan fingerprint density at radius 2 is 2.06 bits per heavy atom. The minimum atomic E-state index is 0.141. The molecule has 4 heteroatoms. The Labute approximate surface area is 101 Å². The van der Waals surface area contributed by atoms with Crippen LogP contribution in [0.4, 0.5) is 0 Å². The first kappa shape index (κ1) is 13.3. The lowest BCUT2D eigenvalue weighted by molar-refractivity contribution is 0.0656. The molecule has 0 bridgehead atoms. The van der Waals surface area contributed by atoms with Crippen molar-refractivity contribution in [1.82, 2.24) is 0 Å². The summed E-state index contributed by atoms with van der Waals surface area (Å²) in [6.07, 6.45) is 0.763. The number of hydrogen-bond donors (Lipinski definition) is 2. The number of aromatic hydroxyl groups is 1. The normalized spacial score (nSPS) is 11.1. The van der Waals surface area contributed by atoms with Crippen LogP contribution < -0.4 is 5.73 Å². The second-order valence-corrected chi connectivity index (χ2v) is 4.38. The summed E-state index contributed by atoms with van der Waals surface area (Å²) >= 11 is 6.09. The lowest BCUT2D eigenvalue weighted by atomic mass is 10.1. The van der Waals surface area contributed by atoms with Gasteiger partial charge in [-0.2, -0.15) is 0 Å². The van der Waals surface area contributed by atoms with Crippen LogP contribution in [-0.4, -0.2) is 17.8 Å². The molecule has 3 nitrogen and oxygen atoms in total. The first-order valence-corrected chi connectivity index (χ1v) is 5.74. The molecule has 0 unspecified atom stereocenters. The zero-order chi connectivity index (χ0) is 12.1. The van der Waals surface area contributed by atoms with Crippen LogP contribution in [0.3, 0.4) is 0 Å². The van der Waals surface area contributed by atoms with Crippen LogP contribution in [0.5, 0.6) is 5.75 Å². The average molecular weight is 244 g/mol. The van der Waals surface area contributed by atoms with E-state index in [1.165, 1.54) is 0 Å². The third-order valence-corrected chi connectivity index (χ3v) is 2.59. The number of benzene rings is 1. The standard InChI is InChI=1S/C12H18ClNO2/c1-8(2)16-7-10-6-12(15)9(3-4-14)5-11(10)13/h5-6,8,15H,3-4,7,14H2,1-2H3.